The molecule has 54 valence electrons. The monoisotopic (exact) mass is 243 g/mol. The van der Waals surface area contributed by atoms with Gasteiger partial charge in [-0.15, -0.1) is 5.10 Å². The van der Waals surface area contributed by atoms with Crippen LogP contribution in [0.25, 0.3) is 0 Å². The fraction of sp³-hybridized carbons (Fsp3) is 0.250. The first-order valence-electron chi connectivity index (χ1n) is 2.39. The first kappa shape index (κ1) is 11.7. The minimum Gasteiger partial charge on any atom is -0.542 e. The molecular formula is C4H3BrKN3O2. The van der Waals surface area contributed by atoms with Gasteiger partial charge in [0.1, 0.15) is 5.97 Å². The Bertz CT molecular complexity index is 274. The second-order valence-corrected chi connectivity index (χ2v) is 2.32. The summed E-state index contributed by atoms with van der Waals surface area (Å²) in [6.07, 6.45) is 0. The Kier molecular flexibility index (Phi) is 4.99. The van der Waals surface area contributed by atoms with Gasteiger partial charge >= 0.3 is 51.4 Å². The molecule has 0 amide bonds. The van der Waals surface area contributed by atoms with Gasteiger partial charge in [-0.05, 0) is 15.9 Å². The van der Waals surface area contributed by atoms with E-state index in [1.54, 1.807) is 0 Å². The maximum absolute atomic E-state index is 10.2. The third-order valence-corrected chi connectivity index (χ3v) is 1.26. The Morgan fingerprint density at radius 3 is 2.45 bits per heavy atom. The number of aryl methyl sites for hydroxylation is 1. The van der Waals surface area contributed by atoms with E-state index in [4.69, 9.17) is 0 Å². The number of carbonyl (C=O) groups is 1. The minimum absolute atomic E-state index is 0. The van der Waals surface area contributed by atoms with Crippen molar-refractivity contribution in [1.82, 2.24) is 14.8 Å². The Balaban J connectivity index is 0.000001000. The predicted octanol–water partition coefficient (Wildman–Crippen LogP) is -4.05. The van der Waals surface area contributed by atoms with Crippen molar-refractivity contribution in [3.8, 4) is 0 Å². The van der Waals surface area contributed by atoms with Crippen molar-refractivity contribution in [3.05, 3.63) is 10.6 Å². The number of carboxylic acid groups (broad SMARTS) is 1. The molecule has 0 aliphatic heterocycles. The minimum atomic E-state index is -1.33. The number of carboxylic acids is 1. The van der Waals surface area contributed by atoms with E-state index in [1.165, 1.54) is 7.05 Å². The fourth-order valence-corrected chi connectivity index (χ4v) is 0.937. The van der Waals surface area contributed by atoms with E-state index < -0.39 is 5.97 Å². The second kappa shape index (κ2) is 4.68. The van der Waals surface area contributed by atoms with Crippen LogP contribution in [0, 0.1) is 0 Å². The molecule has 0 N–H and O–H groups in total. The Morgan fingerprint density at radius 2 is 2.27 bits per heavy atom. The van der Waals surface area contributed by atoms with E-state index in [0.29, 0.717) is 0 Å². The number of aromatic carboxylic acids is 1. The zero-order valence-corrected chi connectivity index (χ0v) is 10.7. The van der Waals surface area contributed by atoms with Crippen molar-refractivity contribution < 1.29 is 61.3 Å². The topological polar surface area (TPSA) is 70.8 Å². The second-order valence-electron chi connectivity index (χ2n) is 1.62. The first-order chi connectivity index (χ1) is 4.61. The molecule has 0 bridgehead atoms. The largest absolute Gasteiger partial charge is 1.00 e. The van der Waals surface area contributed by atoms with E-state index in [2.05, 4.69) is 26.0 Å². The third-order valence-electron chi connectivity index (χ3n) is 0.920. The van der Waals surface area contributed by atoms with E-state index >= 15 is 0 Å². The summed E-state index contributed by atoms with van der Waals surface area (Å²) in [7, 11) is 1.48. The average Bonchev–Trinajstić information content (AvgIpc) is 2.10. The van der Waals surface area contributed by atoms with Crippen molar-refractivity contribution in [2.24, 2.45) is 7.05 Å². The van der Waals surface area contributed by atoms with E-state index in [9.17, 15) is 9.90 Å². The van der Waals surface area contributed by atoms with Crippen LogP contribution in [0.1, 0.15) is 10.6 Å². The van der Waals surface area contributed by atoms with Crippen LogP contribution in [-0.2, 0) is 7.05 Å². The number of nitrogens with zero attached hydrogens (tertiary/aromatic N) is 3. The molecular weight excluding hydrogens is 241 g/mol. The summed E-state index contributed by atoms with van der Waals surface area (Å²) >= 11 is 2.92. The quantitative estimate of drug-likeness (QED) is 0.471. The maximum atomic E-state index is 10.2. The van der Waals surface area contributed by atoms with Crippen LogP contribution in [-0.4, -0.2) is 20.7 Å². The average molecular weight is 244 g/mol. The van der Waals surface area contributed by atoms with Crippen LogP contribution >= 0.6 is 15.9 Å². The Labute approximate surface area is 114 Å². The molecule has 0 saturated carbocycles. The van der Waals surface area contributed by atoms with E-state index in [1.807, 2.05) is 0 Å². The van der Waals surface area contributed by atoms with Gasteiger partial charge in [0.15, 0.2) is 5.82 Å². The van der Waals surface area contributed by atoms with Crippen molar-refractivity contribution in [3.63, 3.8) is 0 Å². The molecule has 1 aromatic rings. The van der Waals surface area contributed by atoms with Crippen LogP contribution in [0.5, 0.6) is 0 Å². The van der Waals surface area contributed by atoms with Gasteiger partial charge in [-0.3, -0.25) is 0 Å². The number of carbonyl (C=O) groups excluding carboxylic acids is 1. The molecule has 11 heavy (non-hydrogen) atoms. The van der Waals surface area contributed by atoms with Gasteiger partial charge in [0, 0.05) is 7.05 Å². The van der Waals surface area contributed by atoms with Gasteiger partial charge in [0.2, 0.25) is 4.73 Å². The molecule has 5 nitrogen and oxygen atoms in total. The summed E-state index contributed by atoms with van der Waals surface area (Å²) in [5, 5.41) is 13.8. The summed E-state index contributed by atoms with van der Waals surface area (Å²) in [4.78, 5) is 13.7. The number of rotatable bonds is 1. The summed E-state index contributed by atoms with van der Waals surface area (Å²) < 4.78 is 1.37. The van der Waals surface area contributed by atoms with Crippen molar-refractivity contribution in [1.29, 1.82) is 0 Å². The van der Waals surface area contributed by atoms with Gasteiger partial charge < -0.3 is 9.90 Å². The SMILES string of the molecule is Cn1nc(Br)nc1C(=O)[O-].[K+]. The molecule has 0 unspecified atom stereocenters. The van der Waals surface area contributed by atoms with Gasteiger partial charge in [-0.25, -0.2) is 4.68 Å². The van der Waals surface area contributed by atoms with Crippen molar-refractivity contribution >= 4 is 21.9 Å². The summed E-state index contributed by atoms with van der Waals surface area (Å²) in [5.74, 6) is -1.52. The van der Waals surface area contributed by atoms with E-state index in [0.717, 1.165) is 4.68 Å². The molecule has 1 heterocycles. The molecule has 7 heteroatoms. The van der Waals surface area contributed by atoms with Crippen LogP contribution in [0.3, 0.4) is 0 Å². The van der Waals surface area contributed by atoms with Crippen LogP contribution in [0.4, 0.5) is 0 Å². The zero-order valence-electron chi connectivity index (χ0n) is 6.04. The van der Waals surface area contributed by atoms with Gasteiger partial charge in [0.25, 0.3) is 0 Å². The number of hydrogen-bond acceptors (Lipinski definition) is 4. The number of aromatic nitrogens is 3. The standard InChI is InChI=1S/C4H4BrN3O2.K/c1-8-2(3(9)10)6-4(5)7-8;/h1H3,(H,9,10);/q;+1/p-1. The molecule has 1 rings (SSSR count). The smallest absolute Gasteiger partial charge is 0.542 e. The Morgan fingerprint density at radius 1 is 1.73 bits per heavy atom. The number of halogens is 1. The Hall–Kier alpha value is 0.726. The van der Waals surface area contributed by atoms with Crippen LogP contribution in [0.15, 0.2) is 4.73 Å². The summed E-state index contributed by atoms with van der Waals surface area (Å²) in [6, 6.07) is 0. The summed E-state index contributed by atoms with van der Waals surface area (Å²) in [5.41, 5.74) is 0. The summed E-state index contributed by atoms with van der Waals surface area (Å²) in [6.45, 7) is 0. The van der Waals surface area contributed by atoms with Crippen LogP contribution in [0.2, 0.25) is 0 Å². The molecule has 0 fully saturated rings. The van der Waals surface area contributed by atoms with E-state index in [-0.39, 0.29) is 61.9 Å². The van der Waals surface area contributed by atoms with Gasteiger partial charge in [-0.2, -0.15) is 4.98 Å². The normalized spacial score (nSPS) is 8.91. The number of hydrogen-bond donors (Lipinski definition) is 0. The zero-order chi connectivity index (χ0) is 7.72. The molecule has 0 aromatic carbocycles. The molecule has 0 radical (unpaired) electrons. The van der Waals surface area contributed by atoms with Crippen molar-refractivity contribution in [2.45, 2.75) is 0 Å². The van der Waals surface area contributed by atoms with Gasteiger partial charge in [-0.1, -0.05) is 0 Å². The molecule has 0 atom stereocenters. The van der Waals surface area contributed by atoms with Crippen LogP contribution < -0.4 is 56.5 Å². The van der Waals surface area contributed by atoms with Crippen molar-refractivity contribution in [2.75, 3.05) is 0 Å². The molecule has 0 saturated heterocycles. The first-order valence-corrected chi connectivity index (χ1v) is 3.18. The molecule has 0 aliphatic carbocycles. The third kappa shape index (κ3) is 2.92. The van der Waals surface area contributed by atoms with Gasteiger partial charge in [0.05, 0.1) is 0 Å². The molecule has 0 aliphatic rings. The fourth-order valence-electron chi connectivity index (χ4n) is 0.531. The molecule has 0 spiro atoms. The maximum Gasteiger partial charge on any atom is 1.00 e. The predicted molar refractivity (Wildman–Crippen MR) is 33.0 cm³/mol. The molecule has 1 aromatic heterocycles.